The number of hydrogen-bond donors (Lipinski definition) is 1. The van der Waals surface area contributed by atoms with Gasteiger partial charge < -0.3 is 29.0 Å². The van der Waals surface area contributed by atoms with Crippen LogP contribution in [0.15, 0.2) is 42.5 Å². The highest BCUT2D eigenvalue weighted by Gasteiger charge is 2.52. The van der Waals surface area contributed by atoms with Crippen LogP contribution in [-0.4, -0.2) is 61.1 Å². The van der Waals surface area contributed by atoms with E-state index in [9.17, 15) is 19.2 Å². The molecule has 3 rings (SSSR count). The second kappa shape index (κ2) is 11.0. The van der Waals surface area contributed by atoms with Gasteiger partial charge in [0, 0.05) is 33.1 Å². The minimum Gasteiger partial charge on any atom is -0.463 e. The first-order valence-corrected chi connectivity index (χ1v) is 10.7. The van der Waals surface area contributed by atoms with E-state index in [2.05, 4.69) is 5.32 Å². The minimum absolute atomic E-state index is 0.298. The predicted octanol–water partition coefficient (Wildman–Crippen LogP) is 1.87. The van der Waals surface area contributed by atoms with Crippen molar-refractivity contribution in [2.75, 3.05) is 6.61 Å². The Hall–Kier alpha value is -3.66. The molecule has 1 aliphatic rings. The minimum atomic E-state index is -1.18. The molecule has 0 aliphatic carbocycles. The molecule has 0 saturated carbocycles. The van der Waals surface area contributed by atoms with Crippen LogP contribution in [0.1, 0.15) is 27.7 Å². The van der Waals surface area contributed by atoms with Gasteiger partial charge in [0.1, 0.15) is 24.5 Å². The maximum absolute atomic E-state index is 12.0. The lowest BCUT2D eigenvalue weighted by Gasteiger charge is -2.44. The van der Waals surface area contributed by atoms with Gasteiger partial charge in [0.2, 0.25) is 12.2 Å². The molecule has 0 bridgehead atoms. The summed E-state index contributed by atoms with van der Waals surface area (Å²) < 4.78 is 28.2. The van der Waals surface area contributed by atoms with Crippen LogP contribution in [-0.2, 0) is 38.1 Å². The van der Waals surface area contributed by atoms with E-state index in [0.29, 0.717) is 5.75 Å². The summed E-state index contributed by atoms with van der Waals surface area (Å²) in [5, 5.41) is 4.38. The molecule has 1 fully saturated rings. The summed E-state index contributed by atoms with van der Waals surface area (Å²) in [7, 11) is 0. The Kier molecular flexibility index (Phi) is 8.06. The van der Waals surface area contributed by atoms with Crippen molar-refractivity contribution in [1.29, 1.82) is 0 Å². The second-order valence-corrected chi connectivity index (χ2v) is 7.82. The number of ether oxygens (including phenoxy) is 5. The van der Waals surface area contributed by atoms with Crippen LogP contribution in [0.25, 0.3) is 10.8 Å². The van der Waals surface area contributed by atoms with Crippen LogP contribution in [0.4, 0.5) is 0 Å². The molecule has 10 heteroatoms. The molecule has 2 aromatic rings. The standard InChI is InChI=1S/C24H27NO9/c1-13(26)25-21-23(32-16(4)29)22(31-15(3)28)20(12-30-14(2)27)34-24(21)33-19-11-7-9-17-8-5-6-10-18(17)19/h5-11,20-24H,12H2,1-4H3,(H,25,26). The Balaban J connectivity index is 2.03. The van der Waals surface area contributed by atoms with Crippen molar-refractivity contribution in [3.05, 3.63) is 42.5 Å². The van der Waals surface area contributed by atoms with E-state index in [1.807, 2.05) is 30.3 Å². The van der Waals surface area contributed by atoms with E-state index in [1.165, 1.54) is 27.7 Å². The average molecular weight is 473 g/mol. The first kappa shape index (κ1) is 25.0. The number of fused-ring (bicyclic) bond motifs is 1. The molecule has 0 spiro atoms. The molecule has 2 aromatic carbocycles. The topological polar surface area (TPSA) is 126 Å². The fourth-order valence-corrected chi connectivity index (χ4v) is 3.81. The largest absolute Gasteiger partial charge is 0.463 e. The zero-order valence-corrected chi connectivity index (χ0v) is 19.3. The third-order valence-electron chi connectivity index (χ3n) is 5.06. The van der Waals surface area contributed by atoms with Crippen LogP contribution < -0.4 is 10.1 Å². The Labute approximate surface area is 196 Å². The third kappa shape index (κ3) is 6.22. The lowest BCUT2D eigenvalue weighted by molar-refractivity contribution is -0.256. The highest BCUT2D eigenvalue weighted by Crippen LogP contribution is 2.32. The number of carbonyl (C=O) groups excluding carboxylic acids is 4. The highest BCUT2D eigenvalue weighted by atomic mass is 16.7. The molecular weight excluding hydrogens is 446 g/mol. The fourth-order valence-electron chi connectivity index (χ4n) is 3.81. The van der Waals surface area contributed by atoms with Crippen LogP contribution in [0, 0.1) is 0 Å². The summed E-state index contributed by atoms with van der Waals surface area (Å²) in [5.41, 5.74) is 0. The Bertz CT molecular complexity index is 1060. The van der Waals surface area contributed by atoms with Gasteiger partial charge in [0.25, 0.3) is 0 Å². The summed E-state index contributed by atoms with van der Waals surface area (Å²) in [6.07, 6.45) is -4.57. The number of amides is 1. The molecule has 1 heterocycles. The Morgan fingerprint density at radius 1 is 0.853 bits per heavy atom. The first-order chi connectivity index (χ1) is 16.2. The zero-order valence-electron chi connectivity index (χ0n) is 19.3. The first-order valence-electron chi connectivity index (χ1n) is 10.7. The monoisotopic (exact) mass is 473 g/mol. The number of benzene rings is 2. The SMILES string of the molecule is CC(=O)NC1C(Oc2cccc3ccccc23)OC(COC(C)=O)C(OC(C)=O)C1OC(C)=O. The normalized spacial score (nSPS) is 24.1. The van der Waals surface area contributed by atoms with Gasteiger partial charge in [-0.2, -0.15) is 0 Å². The van der Waals surface area contributed by atoms with E-state index < -0.39 is 54.5 Å². The number of nitrogens with one attached hydrogen (secondary N) is 1. The lowest BCUT2D eigenvalue weighted by atomic mass is 9.96. The fraction of sp³-hybridized carbons (Fsp3) is 0.417. The van der Waals surface area contributed by atoms with Crippen molar-refractivity contribution in [2.24, 2.45) is 0 Å². The van der Waals surface area contributed by atoms with Crippen molar-refractivity contribution in [2.45, 2.75) is 58.3 Å². The van der Waals surface area contributed by atoms with Gasteiger partial charge in [-0.25, -0.2) is 0 Å². The van der Waals surface area contributed by atoms with Crippen LogP contribution >= 0.6 is 0 Å². The van der Waals surface area contributed by atoms with Gasteiger partial charge in [-0.15, -0.1) is 0 Å². The maximum Gasteiger partial charge on any atom is 0.303 e. The van der Waals surface area contributed by atoms with E-state index in [1.54, 1.807) is 12.1 Å². The molecule has 10 nitrogen and oxygen atoms in total. The summed E-state index contributed by atoms with van der Waals surface area (Å²) in [4.78, 5) is 47.3. The smallest absolute Gasteiger partial charge is 0.303 e. The number of rotatable bonds is 7. The molecule has 0 aromatic heterocycles. The van der Waals surface area contributed by atoms with Crippen LogP contribution in [0.2, 0.25) is 0 Å². The van der Waals surface area contributed by atoms with Crippen molar-refractivity contribution >= 4 is 34.6 Å². The summed E-state index contributed by atoms with van der Waals surface area (Å²) >= 11 is 0. The Morgan fingerprint density at radius 2 is 1.50 bits per heavy atom. The van der Waals surface area contributed by atoms with Gasteiger partial charge in [-0.3, -0.25) is 19.2 Å². The summed E-state index contributed by atoms with van der Waals surface area (Å²) in [6, 6.07) is 11.9. The quantitative estimate of drug-likeness (QED) is 0.474. The molecule has 34 heavy (non-hydrogen) atoms. The highest BCUT2D eigenvalue weighted by molar-refractivity contribution is 5.88. The Morgan fingerprint density at radius 3 is 2.15 bits per heavy atom. The van der Waals surface area contributed by atoms with Crippen molar-refractivity contribution in [1.82, 2.24) is 5.32 Å². The molecule has 1 aliphatic heterocycles. The van der Waals surface area contributed by atoms with E-state index in [0.717, 1.165) is 10.8 Å². The number of esters is 3. The number of hydrogen-bond acceptors (Lipinski definition) is 9. The van der Waals surface area contributed by atoms with Crippen molar-refractivity contribution < 1.29 is 42.9 Å². The van der Waals surface area contributed by atoms with Crippen LogP contribution in [0.5, 0.6) is 5.75 Å². The van der Waals surface area contributed by atoms with Gasteiger partial charge in [-0.05, 0) is 11.5 Å². The average Bonchev–Trinajstić information content (AvgIpc) is 2.75. The van der Waals surface area contributed by atoms with E-state index in [4.69, 9.17) is 23.7 Å². The molecule has 1 saturated heterocycles. The number of carbonyl (C=O) groups is 4. The van der Waals surface area contributed by atoms with Crippen molar-refractivity contribution in [3.8, 4) is 5.75 Å². The maximum atomic E-state index is 12.0. The molecule has 5 atom stereocenters. The van der Waals surface area contributed by atoms with Gasteiger partial charge >= 0.3 is 17.9 Å². The van der Waals surface area contributed by atoms with E-state index in [-0.39, 0.29) is 6.61 Å². The molecule has 182 valence electrons. The van der Waals surface area contributed by atoms with E-state index >= 15 is 0 Å². The van der Waals surface area contributed by atoms with Crippen molar-refractivity contribution in [3.63, 3.8) is 0 Å². The van der Waals surface area contributed by atoms with Crippen LogP contribution in [0.3, 0.4) is 0 Å². The summed E-state index contributed by atoms with van der Waals surface area (Å²) in [6.45, 7) is 4.57. The predicted molar refractivity (Wildman–Crippen MR) is 119 cm³/mol. The second-order valence-electron chi connectivity index (χ2n) is 7.82. The molecule has 1 amide bonds. The van der Waals surface area contributed by atoms with Gasteiger partial charge in [-0.1, -0.05) is 36.4 Å². The molecule has 0 radical (unpaired) electrons. The molecule has 1 N–H and O–H groups in total. The molecule has 5 unspecified atom stereocenters. The summed E-state index contributed by atoms with van der Waals surface area (Å²) in [5.74, 6) is -1.91. The third-order valence-corrected chi connectivity index (χ3v) is 5.06. The zero-order chi connectivity index (χ0) is 24.8. The molecular formula is C24H27NO9. The van der Waals surface area contributed by atoms with Gasteiger partial charge in [0.15, 0.2) is 12.2 Å². The van der Waals surface area contributed by atoms with Gasteiger partial charge in [0.05, 0.1) is 0 Å². The lowest BCUT2D eigenvalue weighted by Crippen LogP contribution is -2.67.